The van der Waals surface area contributed by atoms with Gasteiger partial charge in [0.2, 0.25) is 23.6 Å². The summed E-state index contributed by atoms with van der Waals surface area (Å²) < 4.78 is 5.80. The standard InChI is InChI=1S/C42H56N8O7/c1-25(2)20-21-34-38(53)47-33(18-10-22-45-41(43)44)37(52)46-32(26(3)51)16-8-9-17-35(40(55)50-23-11-19-36(50)39(54)48-34)49-42(56)57-24-31-29-14-6-4-12-27(29)28-13-5-7-15-30(28)31/h4-7,12-15,20,31-36,51H,3,8-11,16-19,21-24H2,1-2H3,(H,46,52)(H,47,53)(H,48,54)(H,49,56)(H4,43,44,45)/t32-,33-,34-,35-,36?/m0/s1. The number of ether oxygens (including phenoxy) is 1. The van der Waals surface area contributed by atoms with Crippen LogP contribution in [0.25, 0.3) is 11.1 Å². The molecule has 15 heteroatoms. The SMILES string of the molecule is C=C(O)[C@@H]1CCCC[C@H](NC(=O)OCC2c3ccccc3-c3ccccc32)C(=O)N2CCCC2C(=O)N[C@@H](CC=C(C)C)C(=O)N[C@@H](CCCN=C(N)N)C(=O)N1. The first-order valence-corrected chi connectivity index (χ1v) is 19.7. The second kappa shape index (κ2) is 19.8. The number of amides is 5. The number of carbonyl (C=O) groups is 5. The molecule has 0 radical (unpaired) electrons. The zero-order valence-electron chi connectivity index (χ0n) is 32.8. The molecule has 2 saturated heterocycles. The van der Waals surface area contributed by atoms with E-state index in [-0.39, 0.29) is 63.0 Å². The van der Waals surface area contributed by atoms with Gasteiger partial charge in [0.15, 0.2) is 5.96 Å². The van der Waals surface area contributed by atoms with Crippen LogP contribution in [0.5, 0.6) is 0 Å². The number of hydrogen-bond donors (Lipinski definition) is 7. The predicted octanol–water partition coefficient (Wildman–Crippen LogP) is 3.39. The third kappa shape index (κ3) is 11.1. The number of guanidine groups is 1. The number of aliphatic imine (C=N–C) groups is 1. The predicted molar refractivity (Wildman–Crippen MR) is 217 cm³/mol. The van der Waals surface area contributed by atoms with Gasteiger partial charge in [-0.15, -0.1) is 0 Å². The van der Waals surface area contributed by atoms with E-state index in [0.717, 1.165) is 27.8 Å². The van der Waals surface area contributed by atoms with Crippen molar-refractivity contribution in [3.05, 3.63) is 83.6 Å². The molecule has 0 spiro atoms. The number of nitrogens with zero attached hydrogens (tertiary/aromatic N) is 2. The van der Waals surface area contributed by atoms with Crippen molar-refractivity contribution in [3.8, 4) is 11.1 Å². The highest BCUT2D eigenvalue weighted by Gasteiger charge is 2.40. The zero-order valence-corrected chi connectivity index (χ0v) is 32.8. The van der Waals surface area contributed by atoms with Crippen molar-refractivity contribution in [2.45, 2.75) is 108 Å². The van der Waals surface area contributed by atoms with E-state index < -0.39 is 59.9 Å². The summed E-state index contributed by atoms with van der Waals surface area (Å²) >= 11 is 0. The molecule has 15 nitrogen and oxygen atoms in total. The summed E-state index contributed by atoms with van der Waals surface area (Å²) in [6, 6.07) is 11.1. The Balaban J connectivity index is 1.36. The minimum Gasteiger partial charge on any atom is -0.511 e. The highest BCUT2D eigenvalue weighted by atomic mass is 16.5. The van der Waals surface area contributed by atoms with Crippen LogP contribution in [-0.2, 0) is 23.9 Å². The Labute approximate surface area is 333 Å². The number of aliphatic hydroxyl groups excluding tert-OH is 1. The fourth-order valence-electron chi connectivity index (χ4n) is 7.73. The summed E-state index contributed by atoms with van der Waals surface area (Å²) in [5.74, 6) is -2.67. The van der Waals surface area contributed by atoms with Gasteiger partial charge in [-0.25, -0.2) is 4.79 Å². The maximum Gasteiger partial charge on any atom is 0.407 e. The van der Waals surface area contributed by atoms with E-state index in [1.54, 1.807) is 6.08 Å². The van der Waals surface area contributed by atoms with Crippen molar-refractivity contribution in [2.75, 3.05) is 19.7 Å². The molecule has 306 valence electrons. The van der Waals surface area contributed by atoms with Gasteiger partial charge in [-0.05, 0) is 81.0 Å². The summed E-state index contributed by atoms with van der Waals surface area (Å²) in [5, 5.41) is 21.7. The highest BCUT2D eigenvalue weighted by molar-refractivity contribution is 5.96. The molecule has 1 unspecified atom stereocenters. The average Bonchev–Trinajstić information content (AvgIpc) is 3.80. The largest absolute Gasteiger partial charge is 0.511 e. The van der Waals surface area contributed by atoms with Crippen molar-refractivity contribution in [1.29, 1.82) is 0 Å². The van der Waals surface area contributed by atoms with Gasteiger partial charge in [0.1, 0.15) is 36.5 Å². The van der Waals surface area contributed by atoms with Gasteiger partial charge in [-0.3, -0.25) is 24.2 Å². The molecule has 0 saturated carbocycles. The first-order valence-electron chi connectivity index (χ1n) is 19.7. The number of carbonyl (C=O) groups excluding carboxylic acids is 5. The summed E-state index contributed by atoms with van der Waals surface area (Å²) in [4.78, 5) is 74.7. The minimum absolute atomic E-state index is 0.0555. The van der Waals surface area contributed by atoms with Gasteiger partial charge in [0, 0.05) is 19.0 Å². The molecule has 5 rings (SSSR count). The van der Waals surface area contributed by atoms with Gasteiger partial charge >= 0.3 is 6.09 Å². The summed E-state index contributed by atoms with van der Waals surface area (Å²) in [6.45, 7) is 7.93. The van der Waals surface area contributed by atoms with Crippen LogP contribution in [0.1, 0.15) is 88.7 Å². The van der Waals surface area contributed by atoms with Crippen molar-refractivity contribution >= 4 is 35.7 Å². The van der Waals surface area contributed by atoms with Crippen LogP contribution in [0.2, 0.25) is 0 Å². The fourth-order valence-corrected chi connectivity index (χ4v) is 7.73. The molecule has 2 aliphatic heterocycles. The summed E-state index contributed by atoms with van der Waals surface area (Å²) in [5.41, 5.74) is 16.1. The number of alkyl carbamates (subject to hydrolysis) is 1. The number of rotatable bonds is 10. The summed E-state index contributed by atoms with van der Waals surface area (Å²) in [7, 11) is 0. The number of nitrogens with one attached hydrogen (secondary N) is 4. The molecule has 2 fully saturated rings. The van der Waals surface area contributed by atoms with Crippen LogP contribution in [0.15, 0.2) is 77.5 Å². The number of nitrogens with two attached hydrogens (primary N) is 2. The Hall–Kier alpha value is -5.86. The lowest BCUT2D eigenvalue weighted by Crippen LogP contribution is -2.58. The van der Waals surface area contributed by atoms with Crippen LogP contribution in [0, 0.1) is 0 Å². The molecule has 2 heterocycles. The second-order valence-electron chi connectivity index (χ2n) is 15.1. The van der Waals surface area contributed by atoms with Gasteiger partial charge in [0.25, 0.3) is 0 Å². The quantitative estimate of drug-likeness (QED) is 0.0615. The van der Waals surface area contributed by atoms with Crippen LogP contribution >= 0.6 is 0 Å². The summed E-state index contributed by atoms with van der Waals surface area (Å²) in [6.07, 6.45) is 3.89. The Kier molecular flexibility index (Phi) is 14.7. The van der Waals surface area contributed by atoms with Gasteiger partial charge in [0.05, 0.1) is 6.04 Å². The molecular weight excluding hydrogens is 729 g/mol. The smallest absolute Gasteiger partial charge is 0.407 e. The monoisotopic (exact) mass is 784 g/mol. The molecule has 3 aliphatic rings. The molecule has 5 atom stereocenters. The van der Waals surface area contributed by atoms with Crippen molar-refractivity contribution in [1.82, 2.24) is 26.2 Å². The average molecular weight is 785 g/mol. The van der Waals surface area contributed by atoms with Crippen LogP contribution in [0.3, 0.4) is 0 Å². The maximum absolute atomic E-state index is 14.3. The Morgan fingerprint density at radius 2 is 1.54 bits per heavy atom. The van der Waals surface area contributed by atoms with E-state index >= 15 is 0 Å². The van der Waals surface area contributed by atoms with E-state index in [1.807, 2.05) is 62.4 Å². The van der Waals surface area contributed by atoms with E-state index in [4.69, 9.17) is 16.2 Å². The van der Waals surface area contributed by atoms with Gasteiger partial charge in [-0.1, -0.05) is 79.6 Å². The van der Waals surface area contributed by atoms with E-state index in [2.05, 4.69) is 32.8 Å². The lowest BCUT2D eigenvalue weighted by atomic mass is 9.98. The minimum atomic E-state index is -1.08. The molecule has 9 N–H and O–H groups in total. The van der Waals surface area contributed by atoms with E-state index in [0.29, 0.717) is 32.1 Å². The molecule has 0 bridgehead atoms. The molecule has 57 heavy (non-hydrogen) atoms. The number of hydrogen-bond acceptors (Lipinski definition) is 8. The number of allylic oxidation sites excluding steroid dienone is 1. The molecule has 0 aromatic heterocycles. The Bertz CT molecular complexity index is 1830. The van der Waals surface area contributed by atoms with Crippen molar-refractivity contribution in [2.24, 2.45) is 16.5 Å². The molecule has 2 aromatic carbocycles. The lowest BCUT2D eigenvalue weighted by Gasteiger charge is -2.30. The normalized spacial score (nSPS) is 23.1. The zero-order chi connectivity index (χ0) is 41.1. The molecule has 5 amide bonds. The number of aliphatic hydroxyl groups is 1. The third-order valence-electron chi connectivity index (χ3n) is 10.7. The molecule has 1 aliphatic carbocycles. The molecular formula is C42H56N8O7. The first-order chi connectivity index (χ1) is 27.3. The van der Waals surface area contributed by atoms with Crippen molar-refractivity contribution in [3.63, 3.8) is 0 Å². The maximum atomic E-state index is 14.3. The van der Waals surface area contributed by atoms with Gasteiger partial charge < -0.3 is 47.5 Å². The Morgan fingerprint density at radius 3 is 2.19 bits per heavy atom. The topological polar surface area (TPSA) is 231 Å². The second-order valence-corrected chi connectivity index (χ2v) is 15.1. The number of benzene rings is 2. The third-order valence-corrected chi connectivity index (χ3v) is 10.7. The van der Waals surface area contributed by atoms with E-state index in [1.165, 1.54) is 4.90 Å². The Morgan fingerprint density at radius 1 is 0.912 bits per heavy atom. The highest BCUT2D eigenvalue weighted by Crippen LogP contribution is 2.44. The van der Waals surface area contributed by atoms with Crippen LogP contribution < -0.4 is 32.7 Å². The first kappa shape index (κ1) is 42.3. The van der Waals surface area contributed by atoms with Crippen LogP contribution in [-0.4, -0.2) is 95.6 Å². The van der Waals surface area contributed by atoms with E-state index in [9.17, 15) is 29.1 Å². The van der Waals surface area contributed by atoms with Crippen molar-refractivity contribution < 1.29 is 33.8 Å². The fraction of sp³-hybridized carbons (Fsp3) is 0.476. The lowest BCUT2D eigenvalue weighted by molar-refractivity contribution is -0.141. The number of fused-ring (bicyclic) bond motifs is 4. The van der Waals surface area contributed by atoms with Crippen LogP contribution in [0.4, 0.5) is 4.79 Å². The van der Waals surface area contributed by atoms with Gasteiger partial charge in [-0.2, -0.15) is 0 Å². The molecule has 2 aromatic rings.